The van der Waals surface area contributed by atoms with Gasteiger partial charge in [-0.05, 0) is 45.7 Å². The van der Waals surface area contributed by atoms with E-state index in [4.69, 9.17) is 10.5 Å². The lowest BCUT2D eigenvalue weighted by molar-refractivity contribution is 0.0497. The fourth-order valence-electron chi connectivity index (χ4n) is 2.95. The van der Waals surface area contributed by atoms with Crippen molar-refractivity contribution in [3.63, 3.8) is 0 Å². The molecule has 1 amide bonds. The maximum absolute atomic E-state index is 11.9. The summed E-state index contributed by atoms with van der Waals surface area (Å²) in [7, 11) is 0. The van der Waals surface area contributed by atoms with Crippen LogP contribution in [0, 0.1) is 0 Å². The van der Waals surface area contributed by atoms with Gasteiger partial charge in [-0.25, -0.2) is 14.8 Å². The number of para-hydroxylation sites is 2. The highest BCUT2D eigenvalue weighted by Gasteiger charge is 2.25. The Bertz CT molecular complexity index is 764. The van der Waals surface area contributed by atoms with Gasteiger partial charge in [0.25, 0.3) is 0 Å². The Morgan fingerprint density at radius 2 is 1.80 bits per heavy atom. The van der Waals surface area contributed by atoms with Gasteiger partial charge < -0.3 is 20.7 Å². The van der Waals surface area contributed by atoms with Crippen LogP contribution in [0.15, 0.2) is 24.3 Å². The maximum atomic E-state index is 11.9. The lowest BCUT2D eigenvalue weighted by Gasteiger charge is -2.33. The van der Waals surface area contributed by atoms with Gasteiger partial charge in [-0.2, -0.15) is 0 Å². The topological polar surface area (TPSA) is 93.4 Å². The summed E-state index contributed by atoms with van der Waals surface area (Å²) in [5.41, 5.74) is 7.24. The van der Waals surface area contributed by atoms with Gasteiger partial charge in [0.05, 0.1) is 11.0 Å². The molecule has 1 aliphatic heterocycles. The summed E-state index contributed by atoms with van der Waals surface area (Å²) in [6.07, 6.45) is 1.26. The lowest BCUT2D eigenvalue weighted by atomic mass is 10.1. The van der Waals surface area contributed by atoms with E-state index in [2.05, 4.69) is 20.2 Å². The summed E-state index contributed by atoms with van der Waals surface area (Å²) in [5.74, 6) is 1.16. The van der Waals surface area contributed by atoms with Crippen LogP contribution in [0.3, 0.4) is 0 Å². The zero-order valence-electron chi connectivity index (χ0n) is 15.0. The normalized spacial score (nSPS) is 16.0. The van der Waals surface area contributed by atoms with Crippen molar-refractivity contribution in [3.8, 4) is 0 Å². The fourth-order valence-corrected chi connectivity index (χ4v) is 2.95. The molecule has 7 heteroatoms. The number of amides is 1. The summed E-state index contributed by atoms with van der Waals surface area (Å²) in [6, 6.07) is 7.79. The van der Waals surface area contributed by atoms with E-state index in [9.17, 15) is 4.79 Å². The van der Waals surface area contributed by atoms with Gasteiger partial charge in [-0.15, -0.1) is 0 Å². The summed E-state index contributed by atoms with van der Waals surface area (Å²) < 4.78 is 5.31. The van der Waals surface area contributed by atoms with Crippen molar-refractivity contribution in [3.05, 3.63) is 24.3 Å². The first kappa shape index (κ1) is 17.3. The van der Waals surface area contributed by atoms with Gasteiger partial charge in [-0.1, -0.05) is 12.1 Å². The molecule has 7 nitrogen and oxygen atoms in total. The highest BCUT2D eigenvalue weighted by molar-refractivity contribution is 5.79. The van der Waals surface area contributed by atoms with Crippen molar-refractivity contribution in [1.82, 2.24) is 15.3 Å². The van der Waals surface area contributed by atoms with Gasteiger partial charge in [0, 0.05) is 19.1 Å². The van der Waals surface area contributed by atoms with Crippen molar-refractivity contribution in [2.45, 2.75) is 45.3 Å². The van der Waals surface area contributed by atoms with Gasteiger partial charge in [-0.3, -0.25) is 0 Å². The highest BCUT2D eigenvalue weighted by Crippen LogP contribution is 2.25. The number of nitrogens with two attached hydrogens (primary N) is 1. The zero-order valence-corrected chi connectivity index (χ0v) is 15.0. The van der Waals surface area contributed by atoms with Gasteiger partial charge in [0.2, 0.25) is 0 Å². The van der Waals surface area contributed by atoms with E-state index in [1.54, 1.807) is 0 Å². The van der Waals surface area contributed by atoms with Crippen molar-refractivity contribution in [2.24, 2.45) is 0 Å². The van der Waals surface area contributed by atoms with E-state index in [0.717, 1.165) is 42.8 Å². The van der Waals surface area contributed by atoms with Crippen LogP contribution < -0.4 is 16.0 Å². The minimum absolute atomic E-state index is 0.0979. The number of benzene rings is 1. The molecular formula is C18H25N5O2. The highest BCUT2D eigenvalue weighted by atomic mass is 16.6. The SMILES string of the molecule is CC(C)(C)OC(=O)NC1CCN(c2nc3ccccc3nc2N)CC1. The predicted molar refractivity (Wildman–Crippen MR) is 98.6 cm³/mol. The minimum Gasteiger partial charge on any atom is -0.444 e. The molecule has 3 N–H and O–H groups in total. The molecule has 0 unspecified atom stereocenters. The van der Waals surface area contributed by atoms with Crippen LogP contribution in [0.25, 0.3) is 11.0 Å². The maximum Gasteiger partial charge on any atom is 0.407 e. The number of hydrogen-bond acceptors (Lipinski definition) is 6. The third kappa shape index (κ3) is 4.29. The predicted octanol–water partition coefficient (Wildman–Crippen LogP) is 2.71. The molecule has 0 radical (unpaired) electrons. The average molecular weight is 343 g/mol. The summed E-state index contributed by atoms with van der Waals surface area (Å²) in [5, 5.41) is 2.94. The number of nitrogens with one attached hydrogen (secondary N) is 1. The van der Waals surface area contributed by atoms with Gasteiger partial charge >= 0.3 is 6.09 Å². The first-order chi connectivity index (χ1) is 11.8. The Hall–Kier alpha value is -2.57. The molecule has 0 bridgehead atoms. The molecule has 2 aromatic rings. The Morgan fingerprint density at radius 1 is 1.20 bits per heavy atom. The van der Waals surface area contributed by atoms with Crippen molar-refractivity contribution >= 4 is 28.8 Å². The Balaban J connectivity index is 1.63. The third-order valence-corrected chi connectivity index (χ3v) is 4.09. The summed E-state index contributed by atoms with van der Waals surface area (Å²) >= 11 is 0. The van der Waals surface area contributed by atoms with E-state index in [-0.39, 0.29) is 12.1 Å². The molecule has 2 heterocycles. The smallest absolute Gasteiger partial charge is 0.407 e. The lowest BCUT2D eigenvalue weighted by Crippen LogP contribution is -2.46. The second-order valence-corrected chi connectivity index (χ2v) is 7.33. The van der Waals surface area contributed by atoms with Crippen LogP contribution in [0.2, 0.25) is 0 Å². The van der Waals surface area contributed by atoms with Crippen LogP contribution in [0.5, 0.6) is 0 Å². The van der Waals surface area contributed by atoms with E-state index >= 15 is 0 Å². The first-order valence-electron chi connectivity index (χ1n) is 8.58. The van der Waals surface area contributed by atoms with E-state index in [0.29, 0.717) is 5.82 Å². The van der Waals surface area contributed by atoms with Gasteiger partial charge in [0.1, 0.15) is 5.60 Å². The molecule has 0 atom stereocenters. The average Bonchev–Trinajstić information content (AvgIpc) is 2.53. The second kappa shape index (κ2) is 6.74. The molecule has 0 aliphatic carbocycles. The number of nitrogen functional groups attached to an aromatic ring is 1. The Labute approximate surface area is 147 Å². The number of piperidine rings is 1. The number of hydrogen-bond donors (Lipinski definition) is 2. The number of carbonyl (C=O) groups is 1. The number of nitrogens with zero attached hydrogens (tertiary/aromatic N) is 3. The van der Waals surface area contributed by atoms with Crippen LogP contribution in [-0.2, 0) is 4.74 Å². The van der Waals surface area contributed by atoms with Crippen LogP contribution >= 0.6 is 0 Å². The van der Waals surface area contributed by atoms with Crippen LogP contribution in [0.1, 0.15) is 33.6 Å². The largest absolute Gasteiger partial charge is 0.444 e. The number of aromatic nitrogens is 2. The Kier molecular flexibility index (Phi) is 4.65. The summed E-state index contributed by atoms with van der Waals surface area (Å²) in [4.78, 5) is 23.1. The quantitative estimate of drug-likeness (QED) is 0.871. The molecule has 25 heavy (non-hydrogen) atoms. The number of carbonyl (C=O) groups excluding carboxylic acids is 1. The monoisotopic (exact) mass is 343 g/mol. The second-order valence-electron chi connectivity index (χ2n) is 7.33. The number of fused-ring (bicyclic) bond motifs is 1. The number of rotatable bonds is 2. The van der Waals surface area contributed by atoms with Crippen LogP contribution in [-0.4, -0.2) is 40.8 Å². The molecule has 1 aromatic heterocycles. The van der Waals surface area contributed by atoms with E-state index in [1.807, 2.05) is 45.0 Å². The minimum atomic E-state index is -0.486. The molecule has 1 fully saturated rings. The molecule has 1 aliphatic rings. The molecule has 3 rings (SSSR count). The molecular weight excluding hydrogens is 318 g/mol. The third-order valence-electron chi connectivity index (χ3n) is 4.09. The van der Waals surface area contributed by atoms with Crippen LogP contribution in [0.4, 0.5) is 16.4 Å². The number of alkyl carbamates (subject to hydrolysis) is 1. The van der Waals surface area contributed by atoms with Crippen molar-refractivity contribution < 1.29 is 9.53 Å². The number of anilines is 2. The fraction of sp³-hybridized carbons (Fsp3) is 0.500. The standard InChI is InChI=1S/C18H25N5O2/c1-18(2,3)25-17(24)20-12-8-10-23(11-9-12)16-15(19)21-13-6-4-5-7-14(13)22-16/h4-7,12H,8-11H2,1-3H3,(H2,19,21)(H,20,24). The summed E-state index contributed by atoms with van der Waals surface area (Å²) in [6.45, 7) is 7.10. The number of ether oxygens (including phenoxy) is 1. The first-order valence-corrected chi connectivity index (χ1v) is 8.58. The molecule has 0 spiro atoms. The van der Waals surface area contributed by atoms with E-state index < -0.39 is 5.60 Å². The zero-order chi connectivity index (χ0) is 18.0. The molecule has 1 saturated heterocycles. The van der Waals surface area contributed by atoms with Crippen molar-refractivity contribution in [1.29, 1.82) is 0 Å². The van der Waals surface area contributed by atoms with E-state index in [1.165, 1.54) is 0 Å². The van der Waals surface area contributed by atoms with Crippen molar-refractivity contribution in [2.75, 3.05) is 23.7 Å². The Morgan fingerprint density at radius 3 is 2.40 bits per heavy atom. The molecule has 134 valence electrons. The van der Waals surface area contributed by atoms with Gasteiger partial charge in [0.15, 0.2) is 11.6 Å². The molecule has 1 aromatic carbocycles. The molecule has 0 saturated carbocycles.